The van der Waals surface area contributed by atoms with Crippen molar-refractivity contribution in [2.75, 3.05) is 7.11 Å². The van der Waals surface area contributed by atoms with Gasteiger partial charge in [0.2, 0.25) is 0 Å². The monoisotopic (exact) mass is 452 g/mol. The second kappa shape index (κ2) is 9.33. The summed E-state index contributed by atoms with van der Waals surface area (Å²) in [4.78, 5) is 0. The number of hydrogen-bond donors (Lipinski definition) is 2. The molecule has 2 aromatic rings. The molecule has 0 aromatic heterocycles. The van der Waals surface area contributed by atoms with E-state index < -0.39 is 11.5 Å². The highest BCUT2D eigenvalue weighted by Gasteiger charge is 2.25. The van der Waals surface area contributed by atoms with Gasteiger partial charge in [0, 0.05) is 5.56 Å². The zero-order valence-corrected chi connectivity index (χ0v) is 18.2. The summed E-state index contributed by atoms with van der Waals surface area (Å²) in [7, 11) is 1.46. The van der Waals surface area contributed by atoms with Crippen LogP contribution in [0.3, 0.4) is 0 Å². The van der Waals surface area contributed by atoms with Crippen molar-refractivity contribution < 1.29 is 19.7 Å². The van der Waals surface area contributed by atoms with Crippen LogP contribution in [0.5, 0.6) is 28.7 Å². The third-order valence-corrected chi connectivity index (χ3v) is 5.55. The number of ether oxygens (including phenoxy) is 2. The van der Waals surface area contributed by atoms with Gasteiger partial charge in [0.05, 0.1) is 17.2 Å². The van der Waals surface area contributed by atoms with Gasteiger partial charge < -0.3 is 19.7 Å². The number of aromatic hydroxyl groups is 2. The van der Waals surface area contributed by atoms with Gasteiger partial charge in [0.1, 0.15) is 15.8 Å². The lowest BCUT2D eigenvalue weighted by atomic mass is 10.1. The number of halogens is 4. The first-order valence-corrected chi connectivity index (χ1v) is 9.93. The third kappa shape index (κ3) is 4.29. The molecule has 2 aromatic carbocycles. The average molecular weight is 454 g/mol. The van der Waals surface area contributed by atoms with E-state index >= 15 is 0 Å². The molecular formula is C19H20Cl4O4. The number of phenols is 2. The fourth-order valence-corrected chi connectivity index (χ4v) is 3.87. The van der Waals surface area contributed by atoms with Crippen LogP contribution in [0.1, 0.15) is 37.8 Å². The van der Waals surface area contributed by atoms with Crippen LogP contribution in [-0.4, -0.2) is 17.3 Å². The van der Waals surface area contributed by atoms with Crippen LogP contribution in [0.4, 0.5) is 0 Å². The minimum atomic E-state index is -0.413. The molecule has 0 unspecified atom stereocenters. The molecule has 0 spiro atoms. The van der Waals surface area contributed by atoms with Crippen molar-refractivity contribution in [3.8, 4) is 28.7 Å². The van der Waals surface area contributed by atoms with Gasteiger partial charge in [-0.25, -0.2) is 0 Å². The summed E-state index contributed by atoms with van der Waals surface area (Å²) in [5.41, 5.74) is 1.23. The van der Waals surface area contributed by atoms with Crippen molar-refractivity contribution in [2.24, 2.45) is 0 Å². The first-order chi connectivity index (χ1) is 12.8. The SMILES string of the molecule is CCCc1cc(Oc2c(O)c(Cl)c(O)c(Cl)c2CCC)c(Cl)c(OC)c1Cl. The van der Waals surface area contributed by atoms with Gasteiger partial charge in [-0.3, -0.25) is 0 Å². The largest absolute Gasteiger partial charge is 0.505 e. The molecule has 0 amide bonds. The molecule has 0 saturated heterocycles. The lowest BCUT2D eigenvalue weighted by molar-refractivity contribution is 0.391. The summed E-state index contributed by atoms with van der Waals surface area (Å²) in [6.07, 6.45) is 2.70. The highest BCUT2D eigenvalue weighted by Crippen LogP contribution is 2.52. The van der Waals surface area contributed by atoms with Gasteiger partial charge in [-0.1, -0.05) is 73.1 Å². The van der Waals surface area contributed by atoms with Gasteiger partial charge in [-0.05, 0) is 24.5 Å². The molecule has 8 heteroatoms. The van der Waals surface area contributed by atoms with Crippen molar-refractivity contribution >= 4 is 46.4 Å². The molecule has 0 aliphatic rings. The second-order valence-electron chi connectivity index (χ2n) is 5.93. The van der Waals surface area contributed by atoms with Gasteiger partial charge >= 0.3 is 0 Å². The molecule has 4 nitrogen and oxygen atoms in total. The molecule has 0 aliphatic heterocycles. The molecule has 0 heterocycles. The molecule has 148 valence electrons. The highest BCUT2D eigenvalue weighted by molar-refractivity contribution is 6.39. The van der Waals surface area contributed by atoms with E-state index in [9.17, 15) is 10.2 Å². The van der Waals surface area contributed by atoms with E-state index in [1.807, 2.05) is 13.8 Å². The molecule has 27 heavy (non-hydrogen) atoms. The maximum atomic E-state index is 10.4. The number of benzene rings is 2. The minimum Gasteiger partial charge on any atom is -0.505 e. The molecule has 0 bridgehead atoms. The van der Waals surface area contributed by atoms with Gasteiger partial charge in [0.25, 0.3) is 0 Å². The fraction of sp³-hybridized carbons (Fsp3) is 0.368. The number of rotatable bonds is 7. The van der Waals surface area contributed by atoms with E-state index in [0.29, 0.717) is 29.8 Å². The van der Waals surface area contributed by atoms with Crippen molar-refractivity contribution in [1.82, 2.24) is 0 Å². The third-order valence-electron chi connectivity index (χ3n) is 4.02. The summed E-state index contributed by atoms with van der Waals surface area (Å²) in [5, 5.41) is 20.8. The van der Waals surface area contributed by atoms with E-state index in [0.717, 1.165) is 12.0 Å². The summed E-state index contributed by atoms with van der Waals surface area (Å²) < 4.78 is 11.2. The molecule has 2 rings (SSSR count). The normalized spacial score (nSPS) is 10.9. The van der Waals surface area contributed by atoms with Crippen molar-refractivity contribution in [3.63, 3.8) is 0 Å². The maximum Gasteiger partial charge on any atom is 0.181 e. The Balaban J connectivity index is 2.68. The number of methoxy groups -OCH3 is 1. The molecule has 0 radical (unpaired) electrons. The van der Waals surface area contributed by atoms with E-state index in [4.69, 9.17) is 55.9 Å². The minimum absolute atomic E-state index is 0.0282. The molecule has 0 fully saturated rings. The predicted molar refractivity (Wildman–Crippen MR) is 111 cm³/mol. The first kappa shape index (κ1) is 22.1. The number of hydrogen-bond acceptors (Lipinski definition) is 4. The zero-order chi connectivity index (χ0) is 20.3. The topological polar surface area (TPSA) is 58.9 Å². The Kier molecular flexibility index (Phi) is 7.64. The average Bonchev–Trinajstić information content (AvgIpc) is 2.65. The number of aryl methyl sites for hydroxylation is 1. The zero-order valence-electron chi connectivity index (χ0n) is 15.1. The van der Waals surface area contributed by atoms with Crippen LogP contribution < -0.4 is 9.47 Å². The molecule has 0 aliphatic carbocycles. The fourth-order valence-electron chi connectivity index (χ4n) is 2.73. The molecule has 0 saturated carbocycles. The standard InChI is InChI=1S/C19H20Cl4O4/c1-4-6-9-8-11(14(22)19(26-3)12(9)20)27-18-10(7-5-2)13(21)16(24)15(23)17(18)25/h8,24-25H,4-7H2,1-3H3. The Labute approximate surface area is 178 Å². The van der Waals surface area contributed by atoms with Crippen LogP contribution in [-0.2, 0) is 12.8 Å². The van der Waals surface area contributed by atoms with Crippen molar-refractivity contribution in [1.29, 1.82) is 0 Å². The molecule has 0 atom stereocenters. The summed E-state index contributed by atoms with van der Waals surface area (Å²) in [6, 6.07) is 1.69. The van der Waals surface area contributed by atoms with E-state index in [1.165, 1.54) is 7.11 Å². The summed E-state index contributed by atoms with van der Waals surface area (Å²) >= 11 is 25.0. The highest BCUT2D eigenvalue weighted by atomic mass is 35.5. The Morgan fingerprint density at radius 1 is 0.815 bits per heavy atom. The van der Waals surface area contributed by atoms with Crippen molar-refractivity contribution in [2.45, 2.75) is 39.5 Å². The Morgan fingerprint density at radius 2 is 1.44 bits per heavy atom. The van der Waals surface area contributed by atoms with Crippen LogP contribution in [0, 0.1) is 0 Å². The predicted octanol–water partition coefficient (Wildman–Crippen LogP) is 7.42. The second-order valence-corrected chi connectivity index (χ2v) is 7.44. The van der Waals surface area contributed by atoms with Crippen LogP contribution >= 0.6 is 46.4 Å². The Bertz CT molecular complexity index is 853. The smallest absolute Gasteiger partial charge is 0.181 e. The van der Waals surface area contributed by atoms with Gasteiger partial charge in [-0.2, -0.15) is 0 Å². The first-order valence-electron chi connectivity index (χ1n) is 8.42. The Morgan fingerprint density at radius 3 is 2.00 bits per heavy atom. The quantitative estimate of drug-likeness (QED) is 0.457. The molecular weight excluding hydrogens is 434 g/mol. The summed E-state index contributed by atoms with van der Waals surface area (Å²) in [5.74, 6) is -0.237. The van der Waals surface area contributed by atoms with Crippen molar-refractivity contribution in [3.05, 3.63) is 37.3 Å². The van der Waals surface area contributed by atoms with E-state index in [1.54, 1.807) is 6.07 Å². The lowest BCUT2D eigenvalue weighted by Crippen LogP contribution is -1.99. The summed E-state index contributed by atoms with van der Waals surface area (Å²) in [6.45, 7) is 3.95. The van der Waals surface area contributed by atoms with Crippen LogP contribution in [0.2, 0.25) is 20.1 Å². The van der Waals surface area contributed by atoms with Crippen LogP contribution in [0.15, 0.2) is 6.07 Å². The number of phenolic OH excluding ortho intramolecular Hbond substituents is 2. The van der Waals surface area contributed by atoms with Gasteiger partial charge in [-0.15, -0.1) is 0 Å². The van der Waals surface area contributed by atoms with E-state index in [2.05, 4.69) is 0 Å². The Hall–Kier alpha value is -1.20. The molecule has 2 N–H and O–H groups in total. The van der Waals surface area contributed by atoms with Crippen LogP contribution in [0.25, 0.3) is 0 Å². The van der Waals surface area contributed by atoms with E-state index in [-0.39, 0.29) is 32.3 Å². The lowest BCUT2D eigenvalue weighted by Gasteiger charge is -2.19. The van der Waals surface area contributed by atoms with Gasteiger partial charge in [0.15, 0.2) is 23.0 Å². The maximum absolute atomic E-state index is 10.4.